The molecule has 2 aliphatic heterocycles. The standard InChI is InChI=1S/C26H28F2N4O6/c1-37-23(34)8-7-19-16-32(26(36)38-19)18-13-20(27)24(21(28)14-18)31-11-9-30(10-12-31)22(33)15-29-25(35)17-5-3-2-4-6-17/h2-6,13-14,19H,7-12,15-16H2,1H3,(H,29,35)/t19-/m0/s1. The largest absolute Gasteiger partial charge is 0.469 e. The van der Waals surface area contributed by atoms with Crippen LogP contribution < -0.4 is 15.1 Å². The van der Waals surface area contributed by atoms with Crippen LogP contribution in [-0.4, -0.2) is 81.3 Å². The van der Waals surface area contributed by atoms with Gasteiger partial charge in [-0.3, -0.25) is 19.3 Å². The van der Waals surface area contributed by atoms with Gasteiger partial charge in [-0.2, -0.15) is 0 Å². The first-order valence-electron chi connectivity index (χ1n) is 12.2. The van der Waals surface area contributed by atoms with E-state index in [2.05, 4.69) is 10.1 Å². The highest BCUT2D eigenvalue weighted by atomic mass is 19.1. The lowest BCUT2D eigenvalue weighted by Crippen LogP contribution is -2.51. The van der Waals surface area contributed by atoms with E-state index in [1.54, 1.807) is 30.3 Å². The Morgan fingerprint density at radius 2 is 1.71 bits per heavy atom. The van der Waals surface area contributed by atoms with Gasteiger partial charge in [-0.25, -0.2) is 13.6 Å². The molecule has 10 nitrogen and oxygen atoms in total. The van der Waals surface area contributed by atoms with Crippen molar-refractivity contribution in [1.29, 1.82) is 0 Å². The molecule has 3 amide bonds. The number of esters is 1. The number of hydrogen-bond donors (Lipinski definition) is 1. The van der Waals surface area contributed by atoms with Crippen molar-refractivity contribution >= 4 is 35.3 Å². The molecule has 4 rings (SSSR count). The normalized spacial score (nSPS) is 17.3. The number of amides is 3. The van der Waals surface area contributed by atoms with Gasteiger partial charge in [0.05, 0.1) is 25.9 Å². The van der Waals surface area contributed by atoms with Crippen molar-refractivity contribution in [3.05, 3.63) is 59.7 Å². The van der Waals surface area contributed by atoms with E-state index in [1.807, 2.05) is 0 Å². The molecule has 0 spiro atoms. The maximum atomic E-state index is 15.0. The zero-order valence-electron chi connectivity index (χ0n) is 20.8. The molecule has 2 fully saturated rings. The summed E-state index contributed by atoms with van der Waals surface area (Å²) < 4.78 is 39.9. The monoisotopic (exact) mass is 530 g/mol. The summed E-state index contributed by atoms with van der Waals surface area (Å²) in [5.41, 5.74) is 0.212. The molecule has 2 saturated heterocycles. The molecule has 1 atom stereocenters. The molecule has 0 aromatic heterocycles. The molecule has 38 heavy (non-hydrogen) atoms. The predicted octanol–water partition coefficient (Wildman–Crippen LogP) is 2.32. The average Bonchev–Trinajstić information content (AvgIpc) is 3.30. The lowest BCUT2D eigenvalue weighted by atomic mass is 10.1. The second-order valence-corrected chi connectivity index (χ2v) is 8.91. The fourth-order valence-electron chi connectivity index (χ4n) is 4.41. The Bertz CT molecular complexity index is 1180. The molecule has 0 radical (unpaired) electrons. The van der Waals surface area contributed by atoms with Crippen LogP contribution in [0.25, 0.3) is 0 Å². The number of methoxy groups -OCH3 is 1. The van der Waals surface area contributed by atoms with Gasteiger partial charge in [0, 0.05) is 50.3 Å². The van der Waals surface area contributed by atoms with Gasteiger partial charge < -0.3 is 24.6 Å². The highest BCUT2D eigenvalue weighted by molar-refractivity contribution is 5.96. The summed E-state index contributed by atoms with van der Waals surface area (Å²) in [7, 11) is 1.26. The minimum atomic E-state index is -0.847. The number of nitrogens with zero attached hydrogens (tertiary/aromatic N) is 3. The van der Waals surface area contributed by atoms with Crippen molar-refractivity contribution in [2.24, 2.45) is 0 Å². The molecular weight excluding hydrogens is 502 g/mol. The van der Waals surface area contributed by atoms with E-state index in [0.717, 1.165) is 17.0 Å². The second kappa shape index (κ2) is 11.9. The van der Waals surface area contributed by atoms with Crippen molar-refractivity contribution in [3.8, 4) is 0 Å². The van der Waals surface area contributed by atoms with E-state index in [-0.39, 0.29) is 75.3 Å². The van der Waals surface area contributed by atoms with Crippen LogP contribution >= 0.6 is 0 Å². The molecule has 0 aliphatic carbocycles. The Hall–Kier alpha value is -4.22. The zero-order valence-corrected chi connectivity index (χ0v) is 20.8. The van der Waals surface area contributed by atoms with Gasteiger partial charge in [0.1, 0.15) is 11.8 Å². The van der Waals surface area contributed by atoms with E-state index in [0.29, 0.717) is 5.56 Å². The van der Waals surface area contributed by atoms with Crippen molar-refractivity contribution in [2.75, 3.05) is 56.2 Å². The fraction of sp³-hybridized carbons (Fsp3) is 0.385. The summed E-state index contributed by atoms with van der Waals surface area (Å²) in [5, 5.41) is 2.58. The van der Waals surface area contributed by atoms with Crippen molar-refractivity contribution < 1.29 is 37.4 Å². The van der Waals surface area contributed by atoms with Gasteiger partial charge >= 0.3 is 12.1 Å². The van der Waals surface area contributed by atoms with Gasteiger partial charge in [0.2, 0.25) is 5.91 Å². The second-order valence-electron chi connectivity index (χ2n) is 8.91. The number of cyclic esters (lactones) is 1. The number of hydrogen-bond acceptors (Lipinski definition) is 7. The third-order valence-corrected chi connectivity index (χ3v) is 6.47. The lowest BCUT2D eigenvalue weighted by Gasteiger charge is -2.36. The van der Waals surface area contributed by atoms with Gasteiger partial charge in [-0.1, -0.05) is 18.2 Å². The van der Waals surface area contributed by atoms with Crippen LogP contribution in [0.5, 0.6) is 0 Å². The number of rotatable bonds is 8. The minimum Gasteiger partial charge on any atom is -0.469 e. The molecule has 2 heterocycles. The molecule has 2 aromatic rings. The van der Waals surface area contributed by atoms with E-state index in [9.17, 15) is 19.2 Å². The summed E-state index contributed by atoms with van der Waals surface area (Å²) >= 11 is 0. The van der Waals surface area contributed by atoms with Crippen LogP contribution in [-0.2, 0) is 19.1 Å². The zero-order chi connectivity index (χ0) is 27.2. The highest BCUT2D eigenvalue weighted by Crippen LogP contribution is 2.32. The number of halogens is 2. The predicted molar refractivity (Wildman–Crippen MR) is 133 cm³/mol. The number of anilines is 2. The third kappa shape index (κ3) is 6.18. The van der Waals surface area contributed by atoms with E-state index >= 15 is 8.78 Å². The molecule has 2 aromatic carbocycles. The molecule has 0 unspecified atom stereocenters. The summed E-state index contributed by atoms with van der Waals surface area (Å²) in [6.45, 7) is 0.690. The van der Waals surface area contributed by atoms with Crippen LogP contribution in [0.2, 0.25) is 0 Å². The van der Waals surface area contributed by atoms with Crippen LogP contribution in [0, 0.1) is 11.6 Å². The first-order valence-corrected chi connectivity index (χ1v) is 12.2. The number of nitrogens with one attached hydrogen (secondary N) is 1. The number of carbonyl (C=O) groups excluding carboxylic acids is 4. The maximum absolute atomic E-state index is 15.0. The van der Waals surface area contributed by atoms with E-state index in [1.165, 1.54) is 16.9 Å². The van der Waals surface area contributed by atoms with Gasteiger partial charge in [0.25, 0.3) is 5.91 Å². The van der Waals surface area contributed by atoms with Crippen molar-refractivity contribution in [1.82, 2.24) is 10.2 Å². The van der Waals surface area contributed by atoms with Crippen LogP contribution in [0.15, 0.2) is 42.5 Å². The average molecular weight is 531 g/mol. The Morgan fingerprint density at radius 3 is 2.34 bits per heavy atom. The molecule has 2 aliphatic rings. The summed E-state index contributed by atoms with van der Waals surface area (Å²) in [6, 6.07) is 10.7. The SMILES string of the molecule is COC(=O)CC[C@H]1CN(c2cc(F)c(N3CCN(C(=O)CNC(=O)c4ccccc4)CC3)c(F)c2)C(=O)O1. The molecular formula is C26H28F2N4O6. The maximum Gasteiger partial charge on any atom is 0.414 e. The van der Waals surface area contributed by atoms with E-state index < -0.39 is 29.8 Å². The Labute approximate surface area is 218 Å². The van der Waals surface area contributed by atoms with Crippen molar-refractivity contribution in [3.63, 3.8) is 0 Å². The summed E-state index contributed by atoms with van der Waals surface area (Å²) in [6.07, 6.45) is -1.07. The van der Waals surface area contributed by atoms with Crippen LogP contribution in [0.4, 0.5) is 25.0 Å². The molecule has 1 N–H and O–H groups in total. The smallest absolute Gasteiger partial charge is 0.414 e. The lowest BCUT2D eigenvalue weighted by molar-refractivity contribution is -0.141. The van der Waals surface area contributed by atoms with Gasteiger partial charge in [-0.05, 0) is 18.6 Å². The van der Waals surface area contributed by atoms with Crippen molar-refractivity contribution in [2.45, 2.75) is 18.9 Å². The first-order chi connectivity index (χ1) is 18.3. The topological polar surface area (TPSA) is 108 Å². The molecule has 202 valence electrons. The highest BCUT2D eigenvalue weighted by Gasteiger charge is 2.34. The molecule has 12 heteroatoms. The Morgan fingerprint density at radius 1 is 1.05 bits per heavy atom. The minimum absolute atomic E-state index is 0.0114. The number of benzene rings is 2. The summed E-state index contributed by atoms with van der Waals surface area (Å²) in [4.78, 5) is 52.4. The van der Waals surface area contributed by atoms with Crippen LogP contribution in [0.3, 0.4) is 0 Å². The number of ether oxygens (including phenoxy) is 2. The Balaban J connectivity index is 1.32. The molecule has 0 bridgehead atoms. The third-order valence-electron chi connectivity index (χ3n) is 6.47. The quantitative estimate of drug-likeness (QED) is 0.522. The summed E-state index contributed by atoms with van der Waals surface area (Å²) in [5.74, 6) is -2.79. The van der Waals surface area contributed by atoms with Crippen LogP contribution in [0.1, 0.15) is 23.2 Å². The van der Waals surface area contributed by atoms with Gasteiger partial charge in [-0.15, -0.1) is 0 Å². The first kappa shape index (κ1) is 26.8. The Kier molecular flexibility index (Phi) is 8.39. The molecule has 0 saturated carbocycles. The number of carbonyl (C=O) groups is 4. The number of piperazine rings is 1. The van der Waals surface area contributed by atoms with E-state index in [4.69, 9.17) is 4.74 Å². The fourth-order valence-corrected chi connectivity index (χ4v) is 4.41. The van der Waals surface area contributed by atoms with Gasteiger partial charge in [0.15, 0.2) is 11.6 Å².